The molecule has 1 saturated heterocycles. The molecular weight excluding hydrogens is 218 g/mol. The molecule has 4 heteroatoms. The van der Waals surface area contributed by atoms with Gasteiger partial charge in [-0.25, -0.2) is 0 Å². The van der Waals surface area contributed by atoms with Crippen molar-refractivity contribution in [2.24, 2.45) is 4.99 Å². The minimum atomic E-state index is 0.255. The largest absolute Gasteiger partial charge is 0.359 e. The second-order valence-corrected chi connectivity index (χ2v) is 6.17. The highest BCUT2D eigenvalue weighted by Gasteiger charge is 2.30. The number of thioether (sulfide) groups is 1. The number of amidine groups is 1. The zero-order chi connectivity index (χ0) is 12.2. The number of aliphatic imine (C=N–C) groups is 1. The molecule has 0 aromatic carbocycles. The Morgan fingerprint density at radius 3 is 2.75 bits per heavy atom. The zero-order valence-electron chi connectivity index (χ0n) is 11.2. The van der Waals surface area contributed by atoms with E-state index in [1.54, 1.807) is 0 Å². The predicted octanol–water partition coefficient (Wildman–Crippen LogP) is 2.19. The van der Waals surface area contributed by atoms with Gasteiger partial charge in [-0.15, -0.1) is 0 Å². The SMILES string of the molecule is CCC1(C)CSC(=NC(C)CCN(C)C)N1. The van der Waals surface area contributed by atoms with E-state index in [0.29, 0.717) is 6.04 Å². The molecule has 1 aliphatic rings. The van der Waals surface area contributed by atoms with E-state index in [4.69, 9.17) is 4.99 Å². The molecule has 1 N–H and O–H groups in total. The van der Waals surface area contributed by atoms with Crippen molar-refractivity contribution in [2.75, 3.05) is 26.4 Å². The highest BCUT2D eigenvalue weighted by atomic mass is 32.2. The summed E-state index contributed by atoms with van der Waals surface area (Å²) < 4.78 is 0. The van der Waals surface area contributed by atoms with Crippen molar-refractivity contribution in [2.45, 2.75) is 45.2 Å². The molecule has 1 heterocycles. The topological polar surface area (TPSA) is 27.6 Å². The third-order valence-corrected chi connectivity index (χ3v) is 4.31. The van der Waals surface area contributed by atoms with Gasteiger partial charge in [0.15, 0.2) is 5.17 Å². The van der Waals surface area contributed by atoms with Crippen LogP contribution in [0, 0.1) is 0 Å². The van der Waals surface area contributed by atoms with Gasteiger partial charge in [-0.3, -0.25) is 4.99 Å². The normalized spacial score (nSPS) is 29.8. The third-order valence-electron chi connectivity index (χ3n) is 3.05. The van der Waals surface area contributed by atoms with E-state index in [1.165, 1.54) is 0 Å². The van der Waals surface area contributed by atoms with Crippen LogP contribution in [0.3, 0.4) is 0 Å². The van der Waals surface area contributed by atoms with E-state index in [0.717, 1.165) is 30.3 Å². The van der Waals surface area contributed by atoms with E-state index in [-0.39, 0.29) is 5.54 Å². The Kier molecular flexibility index (Phi) is 5.12. The molecule has 0 aliphatic carbocycles. The molecule has 1 rings (SSSR count). The Morgan fingerprint density at radius 2 is 2.25 bits per heavy atom. The minimum Gasteiger partial charge on any atom is -0.359 e. The van der Waals surface area contributed by atoms with Crippen LogP contribution in [0.15, 0.2) is 4.99 Å². The molecule has 0 spiro atoms. The number of nitrogens with one attached hydrogen (secondary N) is 1. The average molecular weight is 243 g/mol. The van der Waals surface area contributed by atoms with Crippen molar-refractivity contribution in [1.29, 1.82) is 0 Å². The summed E-state index contributed by atoms with van der Waals surface area (Å²) in [6, 6.07) is 0.414. The van der Waals surface area contributed by atoms with E-state index >= 15 is 0 Å². The van der Waals surface area contributed by atoms with E-state index in [1.807, 2.05) is 11.8 Å². The van der Waals surface area contributed by atoms with Gasteiger partial charge in [-0.05, 0) is 47.3 Å². The predicted molar refractivity (Wildman–Crippen MR) is 74.4 cm³/mol. The molecule has 0 aromatic heterocycles. The summed E-state index contributed by atoms with van der Waals surface area (Å²) in [6.45, 7) is 7.80. The lowest BCUT2D eigenvalue weighted by Gasteiger charge is -2.21. The number of hydrogen-bond acceptors (Lipinski definition) is 3. The van der Waals surface area contributed by atoms with Crippen molar-refractivity contribution < 1.29 is 0 Å². The molecule has 1 fully saturated rings. The Bertz CT molecular complexity index is 253. The van der Waals surface area contributed by atoms with Crippen LogP contribution in [0.2, 0.25) is 0 Å². The highest BCUT2D eigenvalue weighted by Crippen LogP contribution is 2.25. The second-order valence-electron chi connectivity index (χ2n) is 5.20. The lowest BCUT2D eigenvalue weighted by molar-refractivity contribution is 0.386. The molecule has 0 bridgehead atoms. The van der Waals surface area contributed by atoms with Crippen molar-refractivity contribution in [3.05, 3.63) is 0 Å². The average Bonchev–Trinajstić information content (AvgIpc) is 2.58. The van der Waals surface area contributed by atoms with Crippen LogP contribution in [0.4, 0.5) is 0 Å². The first kappa shape index (κ1) is 13.8. The third kappa shape index (κ3) is 4.34. The number of rotatable bonds is 5. The van der Waals surface area contributed by atoms with Crippen LogP contribution in [0.25, 0.3) is 0 Å². The van der Waals surface area contributed by atoms with Crippen LogP contribution in [-0.4, -0.2) is 48.0 Å². The van der Waals surface area contributed by atoms with Gasteiger partial charge in [0.2, 0.25) is 0 Å². The molecular formula is C12H25N3S. The van der Waals surface area contributed by atoms with Gasteiger partial charge in [0.05, 0.1) is 6.04 Å². The molecule has 0 radical (unpaired) electrons. The first-order valence-electron chi connectivity index (χ1n) is 6.09. The van der Waals surface area contributed by atoms with Gasteiger partial charge in [0, 0.05) is 11.3 Å². The summed E-state index contributed by atoms with van der Waals surface area (Å²) in [6.07, 6.45) is 2.28. The summed E-state index contributed by atoms with van der Waals surface area (Å²) in [4.78, 5) is 6.94. The zero-order valence-corrected chi connectivity index (χ0v) is 12.0. The molecule has 0 aromatic rings. The standard InChI is InChI=1S/C12H25N3S/c1-6-12(3)9-16-11(14-12)13-10(2)7-8-15(4)5/h10H,6-9H2,1-5H3,(H,13,14). The maximum Gasteiger partial charge on any atom is 0.157 e. The highest BCUT2D eigenvalue weighted by molar-refractivity contribution is 8.14. The molecule has 94 valence electrons. The van der Waals surface area contributed by atoms with E-state index in [9.17, 15) is 0 Å². The Morgan fingerprint density at radius 1 is 1.56 bits per heavy atom. The molecule has 3 nitrogen and oxygen atoms in total. The van der Waals surface area contributed by atoms with Gasteiger partial charge in [-0.1, -0.05) is 18.7 Å². The molecule has 2 atom stereocenters. The fraction of sp³-hybridized carbons (Fsp3) is 0.917. The first-order chi connectivity index (χ1) is 7.45. The Hall–Kier alpha value is -0.220. The first-order valence-corrected chi connectivity index (χ1v) is 7.07. The van der Waals surface area contributed by atoms with Crippen LogP contribution in [-0.2, 0) is 0 Å². The monoisotopic (exact) mass is 243 g/mol. The van der Waals surface area contributed by atoms with E-state index in [2.05, 4.69) is 45.1 Å². The Balaban J connectivity index is 2.40. The molecule has 0 amide bonds. The van der Waals surface area contributed by atoms with Crippen molar-refractivity contribution >= 4 is 16.9 Å². The van der Waals surface area contributed by atoms with Gasteiger partial charge in [0.1, 0.15) is 0 Å². The summed E-state index contributed by atoms with van der Waals surface area (Å²) in [5.41, 5.74) is 0.255. The van der Waals surface area contributed by atoms with Crippen molar-refractivity contribution in [1.82, 2.24) is 10.2 Å². The number of hydrogen-bond donors (Lipinski definition) is 1. The van der Waals surface area contributed by atoms with Crippen molar-refractivity contribution in [3.8, 4) is 0 Å². The lowest BCUT2D eigenvalue weighted by atomic mass is 10.0. The van der Waals surface area contributed by atoms with Gasteiger partial charge in [-0.2, -0.15) is 0 Å². The maximum atomic E-state index is 4.73. The summed E-state index contributed by atoms with van der Waals surface area (Å²) in [5.74, 6) is 1.14. The van der Waals surface area contributed by atoms with Crippen LogP contribution in [0.5, 0.6) is 0 Å². The fourth-order valence-electron chi connectivity index (χ4n) is 1.53. The van der Waals surface area contributed by atoms with Gasteiger partial charge < -0.3 is 10.2 Å². The summed E-state index contributed by atoms with van der Waals surface area (Å²) in [5, 5.41) is 4.67. The van der Waals surface area contributed by atoms with Gasteiger partial charge in [0.25, 0.3) is 0 Å². The summed E-state index contributed by atoms with van der Waals surface area (Å²) in [7, 11) is 4.22. The molecule has 1 aliphatic heterocycles. The van der Waals surface area contributed by atoms with Crippen molar-refractivity contribution in [3.63, 3.8) is 0 Å². The van der Waals surface area contributed by atoms with Crippen LogP contribution < -0.4 is 5.32 Å². The lowest BCUT2D eigenvalue weighted by Crippen LogP contribution is -2.40. The van der Waals surface area contributed by atoms with E-state index < -0.39 is 0 Å². The smallest absolute Gasteiger partial charge is 0.157 e. The summed E-state index contributed by atoms with van der Waals surface area (Å²) >= 11 is 1.86. The molecule has 16 heavy (non-hydrogen) atoms. The fourth-order valence-corrected chi connectivity index (χ4v) is 2.83. The number of nitrogens with zero attached hydrogens (tertiary/aromatic N) is 2. The quantitative estimate of drug-likeness (QED) is 0.802. The molecule has 2 unspecified atom stereocenters. The second kappa shape index (κ2) is 5.92. The Labute approximate surface area is 104 Å². The molecule has 0 saturated carbocycles. The maximum absolute atomic E-state index is 4.73. The van der Waals surface area contributed by atoms with Gasteiger partial charge >= 0.3 is 0 Å². The minimum absolute atomic E-state index is 0.255. The van der Waals surface area contributed by atoms with Crippen LogP contribution >= 0.6 is 11.8 Å². The van der Waals surface area contributed by atoms with Crippen LogP contribution in [0.1, 0.15) is 33.6 Å².